The summed E-state index contributed by atoms with van der Waals surface area (Å²) in [6.45, 7) is 9.54. The molecule has 0 aliphatic carbocycles. The monoisotopic (exact) mass is 261 g/mol. The van der Waals surface area contributed by atoms with Crippen LogP contribution in [0.25, 0.3) is 0 Å². The Morgan fingerprint density at radius 3 is 2.95 bits per heavy atom. The smallest absolute Gasteiger partial charge is 0.0512 e. The van der Waals surface area contributed by atoms with Gasteiger partial charge in [-0.25, -0.2) is 0 Å². The topological polar surface area (TPSA) is 21.3 Å². The summed E-state index contributed by atoms with van der Waals surface area (Å²) in [5, 5.41) is 3.70. The lowest BCUT2D eigenvalue weighted by atomic mass is 9.87. The van der Waals surface area contributed by atoms with Crippen molar-refractivity contribution in [2.45, 2.75) is 46.1 Å². The third-order valence-corrected chi connectivity index (χ3v) is 4.12. The van der Waals surface area contributed by atoms with Gasteiger partial charge in [0.2, 0.25) is 0 Å². The van der Waals surface area contributed by atoms with Crippen molar-refractivity contribution in [1.82, 2.24) is 5.32 Å². The van der Waals surface area contributed by atoms with Crippen LogP contribution in [0.1, 0.15) is 36.5 Å². The molecular weight excluding hydrogens is 234 g/mol. The highest BCUT2D eigenvalue weighted by atomic mass is 16.5. The second-order valence-corrected chi connectivity index (χ2v) is 5.82. The van der Waals surface area contributed by atoms with E-state index < -0.39 is 0 Å². The largest absolute Gasteiger partial charge is 0.381 e. The zero-order chi connectivity index (χ0) is 13.7. The van der Waals surface area contributed by atoms with Gasteiger partial charge in [0.1, 0.15) is 0 Å². The van der Waals surface area contributed by atoms with E-state index in [9.17, 15) is 0 Å². The van der Waals surface area contributed by atoms with Gasteiger partial charge in [0.15, 0.2) is 0 Å². The molecule has 2 unspecified atom stereocenters. The molecule has 1 aliphatic rings. The van der Waals surface area contributed by atoms with Gasteiger partial charge in [-0.2, -0.15) is 0 Å². The molecule has 2 atom stereocenters. The van der Waals surface area contributed by atoms with Crippen molar-refractivity contribution in [2.24, 2.45) is 5.92 Å². The van der Waals surface area contributed by atoms with Crippen molar-refractivity contribution >= 4 is 0 Å². The number of rotatable bonds is 5. The van der Waals surface area contributed by atoms with Gasteiger partial charge in [0.25, 0.3) is 0 Å². The van der Waals surface area contributed by atoms with E-state index in [1.165, 1.54) is 23.1 Å². The Morgan fingerprint density at radius 1 is 1.32 bits per heavy atom. The van der Waals surface area contributed by atoms with E-state index in [1.54, 1.807) is 0 Å². The standard InChI is InChI=1S/C17H27NO/c1-4-8-18-17-7-9-19-12-16(17)11-15-10-13(2)5-6-14(15)3/h5-6,10,16-18H,4,7-9,11-12H2,1-3H3. The van der Waals surface area contributed by atoms with Crippen LogP contribution >= 0.6 is 0 Å². The van der Waals surface area contributed by atoms with Crippen molar-refractivity contribution in [1.29, 1.82) is 0 Å². The highest BCUT2D eigenvalue weighted by molar-refractivity contribution is 5.31. The summed E-state index contributed by atoms with van der Waals surface area (Å²) in [7, 11) is 0. The minimum Gasteiger partial charge on any atom is -0.381 e. The van der Waals surface area contributed by atoms with Gasteiger partial charge in [-0.15, -0.1) is 0 Å². The van der Waals surface area contributed by atoms with Gasteiger partial charge < -0.3 is 10.1 Å². The van der Waals surface area contributed by atoms with Gasteiger partial charge >= 0.3 is 0 Å². The van der Waals surface area contributed by atoms with E-state index >= 15 is 0 Å². The van der Waals surface area contributed by atoms with Crippen LogP contribution in [0.2, 0.25) is 0 Å². The van der Waals surface area contributed by atoms with E-state index in [4.69, 9.17) is 4.74 Å². The van der Waals surface area contributed by atoms with Crippen molar-refractivity contribution < 1.29 is 4.74 Å². The van der Waals surface area contributed by atoms with E-state index in [2.05, 4.69) is 44.3 Å². The Morgan fingerprint density at radius 2 is 2.16 bits per heavy atom. The molecule has 106 valence electrons. The SMILES string of the molecule is CCCNC1CCOCC1Cc1cc(C)ccc1C. The van der Waals surface area contributed by atoms with Gasteiger partial charge in [-0.3, -0.25) is 0 Å². The molecule has 1 aromatic rings. The Balaban J connectivity index is 2.04. The molecule has 1 heterocycles. The lowest BCUT2D eigenvalue weighted by Crippen LogP contribution is -2.44. The van der Waals surface area contributed by atoms with E-state index in [-0.39, 0.29) is 0 Å². The molecule has 0 aromatic heterocycles. The molecule has 0 bridgehead atoms. The van der Waals surface area contributed by atoms with Crippen molar-refractivity contribution in [3.05, 3.63) is 34.9 Å². The molecule has 1 fully saturated rings. The zero-order valence-electron chi connectivity index (χ0n) is 12.5. The minimum atomic E-state index is 0.612. The fourth-order valence-corrected chi connectivity index (χ4v) is 2.90. The summed E-state index contributed by atoms with van der Waals surface area (Å²) >= 11 is 0. The molecule has 0 spiro atoms. The first-order chi connectivity index (χ1) is 9.20. The maximum Gasteiger partial charge on any atom is 0.0512 e. The maximum atomic E-state index is 5.69. The summed E-state index contributed by atoms with van der Waals surface area (Å²) in [4.78, 5) is 0. The fourth-order valence-electron chi connectivity index (χ4n) is 2.90. The number of aryl methyl sites for hydroxylation is 2. The van der Waals surface area contributed by atoms with Crippen LogP contribution in [-0.4, -0.2) is 25.8 Å². The molecule has 0 radical (unpaired) electrons. The van der Waals surface area contributed by atoms with Crippen molar-refractivity contribution in [3.63, 3.8) is 0 Å². The number of ether oxygens (including phenoxy) is 1. The molecular formula is C17H27NO. The quantitative estimate of drug-likeness (QED) is 0.878. The summed E-state index contributed by atoms with van der Waals surface area (Å²) in [6.07, 6.45) is 3.48. The molecule has 1 aromatic carbocycles. The Labute approximate surface area is 117 Å². The van der Waals surface area contributed by atoms with Crippen LogP contribution in [0.5, 0.6) is 0 Å². The maximum absolute atomic E-state index is 5.69. The van der Waals surface area contributed by atoms with E-state index in [0.717, 1.165) is 32.6 Å². The number of hydrogen-bond donors (Lipinski definition) is 1. The molecule has 2 heteroatoms. The summed E-state index contributed by atoms with van der Waals surface area (Å²) < 4.78 is 5.69. The van der Waals surface area contributed by atoms with E-state index in [1.807, 2.05) is 0 Å². The lowest BCUT2D eigenvalue weighted by Gasteiger charge is -2.33. The summed E-state index contributed by atoms with van der Waals surface area (Å²) in [6, 6.07) is 7.39. The number of benzene rings is 1. The van der Waals surface area contributed by atoms with Crippen molar-refractivity contribution in [2.75, 3.05) is 19.8 Å². The predicted molar refractivity (Wildman–Crippen MR) is 80.6 cm³/mol. The molecule has 1 saturated heterocycles. The number of hydrogen-bond acceptors (Lipinski definition) is 2. The van der Waals surface area contributed by atoms with Gasteiger partial charge in [-0.1, -0.05) is 30.7 Å². The average Bonchev–Trinajstić information content (AvgIpc) is 2.42. The van der Waals surface area contributed by atoms with Gasteiger partial charge in [-0.05, 0) is 50.8 Å². The third kappa shape index (κ3) is 4.05. The normalized spacial score (nSPS) is 23.5. The lowest BCUT2D eigenvalue weighted by molar-refractivity contribution is 0.0322. The summed E-state index contributed by atoms with van der Waals surface area (Å²) in [5.41, 5.74) is 4.25. The number of nitrogens with one attached hydrogen (secondary N) is 1. The van der Waals surface area contributed by atoms with Crippen LogP contribution in [-0.2, 0) is 11.2 Å². The average molecular weight is 261 g/mol. The molecule has 1 N–H and O–H groups in total. The first-order valence-corrected chi connectivity index (χ1v) is 7.58. The Kier molecular flexibility index (Phi) is 5.41. The van der Waals surface area contributed by atoms with Gasteiger partial charge in [0, 0.05) is 18.6 Å². The fraction of sp³-hybridized carbons (Fsp3) is 0.647. The highest BCUT2D eigenvalue weighted by Crippen LogP contribution is 2.22. The molecule has 0 amide bonds. The van der Waals surface area contributed by atoms with Crippen LogP contribution < -0.4 is 5.32 Å². The first-order valence-electron chi connectivity index (χ1n) is 7.58. The Bertz CT molecular complexity index is 402. The molecule has 1 aliphatic heterocycles. The first kappa shape index (κ1) is 14.5. The van der Waals surface area contributed by atoms with Crippen LogP contribution in [0.4, 0.5) is 0 Å². The highest BCUT2D eigenvalue weighted by Gasteiger charge is 2.25. The van der Waals surface area contributed by atoms with Crippen LogP contribution in [0.3, 0.4) is 0 Å². The van der Waals surface area contributed by atoms with Crippen LogP contribution in [0, 0.1) is 19.8 Å². The second-order valence-electron chi connectivity index (χ2n) is 5.82. The Hall–Kier alpha value is -0.860. The van der Waals surface area contributed by atoms with Crippen molar-refractivity contribution in [3.8, 4) is 0 Å². The van der Waals surface area contributed by atoms with Gasteiger partial charge in [0.05, 0.1) is 6.61 Å². The molecule has 2 rings (SSSR count). The molecule has 2 nitrogen and oxygen atoms in total. The predicted octanol–water partition coefficient (Wildman–Crippen LogP) is 3.25. The van der Waals surface area contributed by atoms with E-state index in [0.29, 0.717) is 12.0 Å². The van der Waals surface area contributed by atoms with Crippen LogP contribution in [0.15, 0.2) is 18.2 Å². The minimum absolute atomic E-state index is 0.612. The second kappa shape index (κ2) is 7.06. The third-order valence-electron chi connectivity index (χ3n) is 4.12. The molecule has 0 saturated carbocycles. The summed E-state index contributed by atoms with van der Waals surface area (Å²) in [5.74, 6) is 0.612. The zero-order valence-corrected chi connectivity index (χ0v) is 12.5. The molecule has 19 heavy (non-hydrogen) atoms.